The molecule has 0 bridgehead atoms. The summed E-state index contributed by atoms with van der Waals surface area (Å²) in [6.07, 6.45) is 1.42. The Morgan fingerprint density at radius 1 is 0.968 bits per heavy atom. The van der Waals surface area contributed by atoms with Crippen LogP contribution in [0.5, 0.6) is 5.75 Å². The Bertz CT molecular complexity index is 1150. The van der Waals surface area contributed by atoms with Crippen LogP contribution in [0.15, 0.2) is 84.4 Å². The van der Waals surface area contributed by atoms with Crippen LogP contribution in [-0.2, 0) is 9.59 Å². The van der Waals surface area contributed by atoms with Crippen molar-refractivity contribution in [1.29, 1.82) is 5.26 Å². The molecule has 0 heterocycles. The van der Waals surface area contributed by atoms with Gasteiger partial charge in [0, 0.05) is 5.69 Å². The topological polar surface area (TPSA) is 91.2 Å². The number of ether oxygens (including phenoxy) is 1. The number of hydrogen-bond donors (Lipinski definition) is 2. The van der Waals surface area contributed by atoms with Crippen molar-refractivity contribution in [1.82, 2.24) is 0 Å². The summed E-state index contributed by atoms with van der Waals surface area (Å²) in [6, 6.07) is 23.1. The zero-order valence-corrected chi connectivity index (χ0v) is 16.3. The first-order chi connectivity index (χ1) is 15.0. The highest BCUT2D eigenvalue weighted by Gasteiger charge is 2.10. The van der Waals surface area contributed by atoms with E-state index in [9.17, 15) is 19.2 Å². The van der Waals surface area contributed by atoms with Crippen LogP contribution in [-0.4, -0.2) is 18.4 Å². The van der Waals surface area contributed by atoms with E-state index >= 15 is 0 Å². The summed E-state index contributed by atoms with van der Waals surface area (Å²) in [5, 5.41) is 14.4. The minimum Gasteiger partial charge on any atom is -0.484 e. The second kappa shape index (κ2) is 10.4. The molecular formula is C24H18FN3O3. The summed E-state index contributed by atoms with van der Waals surface area (Å²) in [6.45, 7) is -0.332. The van der Waals surface area contributed by atoms with E-state index < -0.39 is 17.6 Å². The molecule has 0 aliphatic heterocycles. The smallest absolute Gasteiger partial charge is 0.266 e. The van der Waals surface area contributed by atoms with E-state index in [-0.39, 0.29) is 17.9 Å². The Morgan fingerprint density at radius 3 is 2.45 bits per heavy atom. The first-order valence-electron chi connectivity index (χ1n) is 9.30. The lowest BCUT2D eigenvalue weighted by molar-refractivity contribution is -0.118. The molecule has 3 rings (SSSR count). The number of nitriles is 1. The van der Waals surface area contributed by atoms with Crippen molar-refractivity contribution in [2.24, 2.45) is 0 Å². The lowest BCUT2D eigenvalue weighted by Crippen LogP contribution is -2.20. The van der Waals surface area contributed by atoms with Crippen LogP contribution >= 0.6 is 0 Å². The van der Waals surface area contributed by atoms with Crippen LogP contribution in [0.2, 0.25) is 0 Å². The van der Waals surface area contributed by atoms with E-state index in [2.05, 4.69) is 10.6 Å². The van der Waals surface area contributed by atoms with Crippen molar-refractivity contribution in [3.05, 3.63) is 95.8 Å². The number of benzene rings is 3. The van der Waals surface area contributed by atoms with E-state index in [0.29, 0.717) is 17.0 Å². The molecule has 0 radical (unpaired) electrons. The lowest BCUT2D eigenvalue weighted by Gasteiger charge is -2.09. The zero-order valence-electron chi connectivity index (χ0n) is 16.3. The Balaban J connectivity index is 1.63. The fourth-order valence-electron chi connectivity index (χ4n) is 2.63. The Labute approximate surface area is 178 Å². The molecule has 0 unspecified atom stereocenters. The lowest BCUT2D eigenvalue weighted by atomic mass is 10.1. The number of rotatable bonds is 7. The number of carbonyl (C=O) groups is 2. The van der Waals surface area contributed by atoms with Crippen molar-refractivity contribution >= 4 is 29.3 Å². The highest BCUT2D eigenvalue weighted by molar-refractivity contribution is 6.09. The van der Waals surface area contributed by atoms with Crippen LogP contribution in [0.1, 0.15) is 5.56 Å². The Morgan fingerprint density at radius 2 is 1.71 bits per heavy atom. The van der Waals surface area contributed by atoms with Gasteiger partial charge in [0.2, 0.25) is 0 Å². The molecule has 3 aromatic carbocycles. The van der Waals surface area contributed by atoms with E-state index in [1.807, 2.05) is 12.1 Å². The van der Waals surface area contributed by atoms with E-state index in [4.69, 9.17) is 4.74 Å². The number of anilines is 2. The van der Waals surface area contributed by atoms with Gasteiger partial charge in [-0.15, -0.1) is 0 Å². The minimum absolute atomic E-state index is 0.0656. The van der Waals surface area contributed by atoms with Crippen molar-refractivity contribution in [2.45, 2.75) is 0 Å². The van der Waals surface area contributed by atoms with E-state index in [0.717, 1.165) is 0 Å². The standard InChI is InChI=1S/C24H18FN3O3/c25-21-11-4-5-12-22(21)28-23(29)16-31-20-10-6-7-17(14-20)13-18(15-26)24(30)27-19-8-2-1-3-9-19/h1-14H,16H2,(H,27,30)(H,28,29). The molecule has 0 fully saturated rings. The largest absolute Gasteiger partial charge is 0.484 e. The second-order valence-electron chi connectivity index (χ2n) is 6.38. The van der Waals surface area contributed by atoms with E-state index in [1.165, 1.54) is 24.3 Å². The van der Waals surface area contributed by atoms with Gasteiger partial charge in [0.25, 0.3) is 11.8 Å². The fraction of sp³-hybridized carbons (Fsp3) is 0.0417. The average Bonchev–Trinajstić information content (AvgIpc) is 2.78. The molecule has 0 saturated carbocycles. The molecule has 3 aromatic rings. The highest BCUT2D eigenvalue weighted by Crippen LogP contribution is 2.17. The first-order valence-corrected chi connectivity index (χ1v) is 9.30. The Hall–Kier alpha value is -4.44. The molecule has 0 aliphatic rings. The average molecular weight is 415 g/mol. The van der Waals surface area contributed by atoms with Gasteiger partial charge in [0.05, 0.1) is 5.69 Å². The molecule has 154 valence electrons. The molecule has 2 amide bonds. The van der Waals surface area contributed by atoms with Crippen LogP contribution in [0, 0.1) is 17.1 Å². The molecule has 6 nitrogen and oxygen atoms in total. The van der Waals surface area contributed by atoms with Gasteiger partial charge in [-0.25, -0.2) is 4.39 Å². The fourth-order valence-corrected chi connectivity index (χ4v) is 2.63. The van der Waals surface area contributed by atoms with Gasteiger partial charge in [-0.3, -0.25) is 9.59 Å². The number of nitrogens with zero attached hydrogens (tertiary/aromatic N) is 1. The molecular weight excluding hydrogens is 397 g/mol. The zero-order chi connectivity index (χ0) is 22.1. The van der Waals surface area contributed by atoms with Gasteiger partial charge in [-0.05, 0) is 48.0 Å². The summed E-state index contributed by atoms with van der Waals surface area (Å²) in [5.41, 5.74) is 1.10. The maximum atomic E-state index is 13.6. The normalized spacial score (nSPS) is 10.6. The van der Waals surface area contributed by atoms with Crippen molar-refractivity contribution < 1.29 is 18.7 Å². The van der Waals surface area contributed by atoms with Gasteiger partial charge in [0.1, 0.15) is 23.2 Å². The molecule has 0 saturated heterocycles. The predicted octanol–water partition coefficient (Wildman–Crippen LogP) is 4.39. The molecule has 7 heteroatoms. The molecule has 0 aliphatic carbocycles. The molecule has 31 heavy (non-hydrogen) atoms. The van der Waals surface area contributed by atoms with Crippen LogP contribution in [0.3, 0.4) is 0 Å². The summed E-state index contributed by atoms with van der Waals surface area (Å²) in [5.74, 6) is -1.24. The van der Waals surface area contributed by atoms with Crippen molar-refractivity contribution in [2.75, 3.05) is 17.2 Å². The van der Waals surface area contributed by atoms with Crippen LogP contribution < -0.4 is 15.4 Å². The number of halogens is 1. The monoisotopic (exact) mass is 415 g/mol. The number of carbonyl (C=O) groups excluding carboxylic acids is 2. The maximum absolute atomic E-state index is 13.6. The first kappa shape index (κ1) is 21.3. The highest BCUT2D eigenvalue weighted by atomic mass is 19.1. The number of nitrogens with one attached hydrogen (secondary N) is 2. The third kappa shape index (κ3) is 6.27. The van der Waals surface area contributed by atoms with Crippen molar-refractivity contribution in [3.8, 4) is 11.8 Å². The minimum atomic E-state index is -0.541. The molecule has 0 aromatic heterocycles. The number of amides is 2. The Kier molecular flexibility index (Phi) is 7.12. The van der Waals surface area contributed by atoms with E-state index in [1.54, 1.807) is 54.6 Å². The number of para-hydroxylation sites is 2. The SMILES string of the molecule is N#CC(=Cc1cccc(OCC(=O)Nc2ccccc2F)c1)C(=O)Nc1ccccc1. The number of hydrogen-bond acceptors (Lipinski definition) is 4. The molecule has 2 N–H and O–H groups in total. The van der Waals surface area contributed by atoms with Crippen molar-refractivity contribution in [3.63, 3.8) is 0 Å². The summed E-state index contributed by atoms with van der Waals surface area (Å²) < 4.78 is 19.0. The van der Waals surface area contributed by atoms with Gasteiger partial charge in [0.15, 0.2) is 6.61 Å². The second-order valence-corrected chi connectivity index (χ2v) is 6.38. The molecule has 0 atom stereocenters. The van der Waals surface area contributed by atoms with Gasteiger partial charge >= 0.3 is 0 Å². The van der Waals surface area contributed by atoms with Gasteiger partial charge < -0.3 is 15.4 Å². The predicted molar refractivity (Wildman–Crippen MR) is 116 cm³/mol. The third-order valence-corrected chi connectivity index (χ3v) is 4.08. The summed E-state index contributed by atoms with van der Waals surface area (Å²) in [4.78, 5) is 24.3. The van der Waals surface area contributed by atoms with Gasteiger partial charge in [-0.2, -0.15) is 5.26 Å². The quantitative estimate of drug-likeness (QED) is 0.442. The molecule has 0 spiro atoms. The van der Waals surface area contributed by atoms with Gasteiger partial charge in [-0.1, -0.05) is 42.5 Å². The maximum Gasteiger partial charge on any atom is 0.266 e. The summed E-state index contributed by atoms with van der Waals surface area (Å²) in [7, 11) is 0. The van der Waals surface area contributed by atoms with Crippen LogP contribution in [0.25, 0.3) is 6.08 Å². The summed E-state index contributed by atoms with van der Waals surface area (Å²) >= 11 is 0. The third-order valence-electron chi connectivity index (χ3n) is 4.08. The van der Waals surface area contributed by atoms with Crippen LogP contribution in [0.4, 0.5) is 15.8 Å².